The van der Waals surface area contributed by atoms with E-state index >= 15 is 0 Å². The van der Waals surface area contributed by atoms with Crippen LogP contribution in [-0.2, 0) is 0 Å². The molecule has 0 aliphatic heterocycles. The second-order valence-electron chi connectivity index (χ2n) is 4.79. The van der Waals surface area contributed by atoms with Gasteiger partial charge in [-0.2, -0.15) is 0 Å². The lowest BCUT2D eigenvalue weighted by atomic mass is 10.1. The number of carbonyl (C=O) groups excluding carboxylic acids is 1. The summed E-state index contributed by atoms with van der Waals surface area (Å²) < 4.78 is 15.6. The van der Waals surface area contributed by atoms with Gasteiger partial charge in [-0.05, 0) is 24.3 Å². The van der Waals surface area contributed by atoms with Crippen LogP contribution in [0.2, 0.25) is 5.02 Å². The number of nitrogens with zero attached hydrogens (tertiary/aromatic N) is 1. The molecule has 0 aliphatic rings. The van der Waals surface area contributed by atoms with Crippen molar-refractivity contribution < 1.29 is 23.9 Å². The molecule has 1 amide bonds. The lowest BCUT2D eigenvalue weighted by molar-refractivity contribution is -0.383. The van der Waals surface area contributed by atoms with Crippen LogP contribution in [0.3, 0.4) is 0 Å². The van der Waals surface area contributed by atoms with Gasteiger partial charge in [-0.15, -0.1) is 0 Å². The van der Waals surface area contributed by atoms with Crippen LogP contribution in [0.4, 0.5) is 11.4 Å². The number of anilines is 1. The van der Waals surface area contributed by atoms with Crippen LogP contribution in [0.15, 0.2) is 30.3 Å². The minimum absolute atomic E-state index is 0.0214. The third kappa shape index (κ3) is 3.92. The first kappa shape index (κ1) is 18.3. The van der Waals surface area contributed by atoms with E-state index in [2.05, 4.69) is 5.32 Å². The standard InChI is InChI=1S/C16H15ClN2O6/c1-23-13-6-9(7-14(24-2)15(13)25-3)16(20)18-11-5-4-10(17)8-12(11)19(21)22/h4-8H,1-3H3,(H,18,20). The second-order valence-corrected chi connectivity index (χ2v) is 5.22. The molecule has 0 aliphatic carbocycles. The summed E-state index contributed by atoms with van der Waals surface area (Å²) in [7, 11) is 4.28. The van der Waals surface area contributed by atoms with Gasteiger partial charge in [-0.3, -0.25) is 14.9 Å². The molecule has 0 unspecified atom stereocenters. The van der Waals surface area contributed by atoms with Crippen molar-refractivity contribution in [1.29, 1.82) is 0 Å². The molecule has 0 saturated carbocycles. The predicted molar refractivity (Wildman–Crippen MR) is 92.2 cm³/mol. The van der Waals surface area contributed by atoms with Crippen LogP contribution in [0, 0.1) is 10.1 Å². The Kier molecular flexibility index (Phi) is 5.66. The summed E-state index contributed by atoms with van der Waals surface area (Å²) in [4.78, 5) is 23.0. The minimum atomic E-state index is -0.628. The maximum atomic E-state index is 12.5. The Balaban J connectivity index is 2.41. The number of ether oxygens (including phenoxy) is 3. The number of hydrogen-bond acceptors (Lipinski definition) is 6. The van der Waals surface area contributed by atoms with Crippen LogP contribution in [0.5, 0.6) is 17.2 Å². The maximum absolute atomic E-state index is 12.5. The normalized spacial score (nSPS) is 10.1. The summed E-state index contributed by atoms with van der Waals surface area (Å²) >= 11 is 5.76. The summed E-state index contributed by atoms with van der Waals surface area (Å²) in [5.41, 5.74) is -0.111. The van der Waals surface area contributed by atoms with Gasteiger partial charge in [0.2, 0.25) is 5.75 Å². The fourth-order valence-electron chi connectivity index (χ4n) is 2.17. The van der Waals surface area contributed by atoms with Crippen molar-refractivity contribution in [3.8, 4) is 17.2 Å². The lowest BCUT2D eigenvalue weighted by Crippen LogP contribution is -2.13. The quantitative estimate of drug-likeness (QED) is 0.620. The molecule has 1 N–H and O–H groups in total. The van der Waals surface area contributed by atoms with Gasteiger partial charge in [-0.25, -0.2) is 0 Å². The van der Waals surface area contributed by atoms with Crippen molar-refractivity contribution in [2.24, 2.45) is 0 Å². The smallest absolute Gasteiger partial charge is 0.294 e. The number of nitro groups is 1. The molecule has 0 atom stereocenters. The Morgan fingerprint density at radius 2 is 1.68 bits per heavy atom. The number of halogens is 1. The number of nitrogens with one attached hydrogen (secondary N) is 1. The second kappa shape index (κ2) is 7.71. The van der Waals surface area contributed by atoms with E-state index in [9.17, 15) is 14.9 Å². The van der Waals surface area contributed by atoms with Crippen LogP contribution >= 0.6 is 11.6 Å². The van der Waals surface area contributed by atoms with Crippen molar-refractivity contribution in [3.63, 3.8) is 0 Å². The predicted octanol–water partition coefficient (Wildman–Crippen LogP) is 3.53. The SMILES string of the molecule is COc1cc(C(=O)Nc2ccc(Cl)cc2[N+](=O)[O-])cc(OC)c1OC. The first-order chi connectivity index (χ1) is 11.9. The molecule has 0 fully saturated rings. The van der Waals surface area contributed by atoms with E-state index in [0.717, 1.165) is 6.07 Å². The topological polar surface area (TPSA) is 99.9 Å². The summed E-state index contributed by atoms with van der Waals surface area (Å²) in [5, 5.41) is 13.8. The van der Waals surface area contributed by atoms with E-state index in [-0.39, 0.29) is 33.5 Å². The molecule has 2 aromatic carbocycles. The fourth-order valence-corrected chi connectivity index (χ4v) is 2.33. The van der Waals surface area contributed by atoms with Gasteiger partial charge in [-0.1, -0.05) is 11.6 Å². The zero-order valence-electron chi connectivity index (χ0n) is 13.7. The maximum Gasteiger partial charge on any atom is 0.294 e. The monoisotopic (exact) mass is 366 g/mol. The average molecular weight is 367 g/mol. The van der Waals surface area contributed by atoms with Gasteiger partial charge in [0, 0.05) is 16.7 Å². The molecule has 25 heavy (non-hydrogen) atoms. The number of methoxy groups -OCH3 is 3. The molecular weight excluding hydrogens is 352 g/mol. The highest BCUT2D eigenvalue weighted by atomic mass is 35.5. The third-order valence-corrected chi connectivity index (χ3v) is 3.57. The van der Waals surface area contributed by atoms with Crippen LogP contribution in [0.1, 0.15) is 10.4 Å². The Hall–Kier alpha value is -3.00. The van der Waals surface area contributed by atoms with Crippen molar-refractivity contribution in [2.75, 3.05) is 26.6 Å². The van der Waals surface area contributed by atoms with E-state index < -0.39 is 10.8 Å². The van der Waals surface area contributed by atoms with E-state index in [1.54, 1.807) is 0 Å². The van der Waals surface area contributed by atoms with Crippen LogP contribution in [0.25, 0.3) is 0 Å². The highest BCUT2D eigenvalue weighted by molar-refractivity contribution is 6.31. The molecule has 0 bridgehead atoms. The first-order valence-corrected chi connectivity index (χ1v) is 7.34. The van der Waals surface area contributed by atoms with Gasteiger partial charge < -0.3 is 19.5 Å². The number of hydrogen-bond donors (Lipinski definition) is 1. The number of nitro benzene ring substituents is 1. The molecule has 132 valence electrons. The largest absolute Gasteiger partial charge is 0.493 e. The van der Waals surface area contributed by atoms with Gasteiger partial charge >= 0.3 is 0 Å². The number of benzene rings is 2. The minimum Gasteiger partial charge on any atom is -0.493 e. The number of amides is 1. The Bertz CT molecular complexity index is 799. The van der Waals surface area contributed by atoms with Crippen molar-refractivity contribution in [2.45, 2.75) is 0 Å². The van der Waals surface area contributed by atoms with Crippen LogP contribution < -0.4 is 19.5 Å². The molecule has 8 nitrogen and oxygen atoms in total. The number of carbonyl (C=O) groups is 1. The summed E-state index contributed by atoms with van der Waals surface area (Å²) in [6.45, 7) is 0. The molecule has 2 aromatic rings. The van der Waals surface area contributed by atoms with Crippen molar-refractivity contribution >= 4 is 28.9 Å². The summed E-state index contributed by atoms with van der Waals surface area (Å²) in [6.07, 6.45) is 0. The van der Waals surface area contributed by atoms with Gasteiger partial charge in [0.25, 0.3) is 11.6 Å². The van der Waals surface area contributed by atoms with Crippen molar-refractivity contribution in [3.05, 3.63) is 51.0 Å². The zero-order valence-corrected chi connectivity index (χ0v) is 14.4. The van der Waals surface area contributed by atoms with Gasteiger partial charge in [0.15, 0.2) is 11.5 Å². The Morgan fingerprint density at radius 3 is 2.16 bits per heavy atom. The third-order valence-electron chi connectivity index (χ3n) is 3.33. The van der Waals surface area contributed by atoms with Crippen molar-refractivity contribution in [1.82, 2.24) is 0 Å². The molecule has 2 rings (SSSR count). The molecule has 0 radical (unpaired) electrons. The van der Waals surface area contributed by atoms with E-state index in [0.29, 0.717) is 5.75 Å². The van der Waals surface area contributed by atoms with E-state index in [4.69, 9.17) is 25.8 Å². The van der Waals surface area contributed by atoms with Gasteiger partial charge in [0.05, 0.1) is 26.3 Å². The zero-order chi connectivity index (χ0) is 18.6. The molecular formula is C16H15ClN2O6. The highest BCUT2D eigenvalue weighted by Gasteiger charge is 2.20. The Labute approximate surface area is 148 Å². The summed E-state index contributed by atoms with van der Waals surface area (Å²) in [5.74, 6) is 0.332. The van der Waals surface area contributed by atoms with E-state index in [1.165, 1.54) is 45.6 Å². The molecule has 0 spiro atoms. The fraction of sp³-hybridized carbons (Fsp3) is 0.188. The Morgan fingerprint density at radius 1 is 1.08 bits per heavy atom. The molecule has 0 saturated heterocycles. The van der Waals surface area contributed by atoms with Gasteiger partial charge in [0.1, 0.15) is 5.69 Å². The average Bonchev–Trinajstić information content (AvgIpc) is 2.61. The summed E-state index contributed by atoms with van der Waals surface area (Å²) in [6, 6.07) is 6.85. The molecule has 0 heterocycles. The lowest BCUT2D eigenvalue weighted by Gasteiger charge is -2.14. The molecule has 0 aromatic heterocycles. The number of rotatable bonds is 6. The highest BCUT2D eigenvalue weighted by Crippen LogP contribution is 2.38. The first-order valence-electron chi connectivity index (χ1n) is 6.96. The van der Waals surface area contributed by atoms with E-state index in [1.807, 2.05) is 0 Å². The van der Waals surface area contributed by atoms with Crippen LogP contribution in [-0.4, -0.2) is 32.2 Å². The molecule has 9 heteroatoms.